The number of nitroso groups, excluding NO2 is 1. The molecule has 0 aliphatic carbocycles. The van der Waals surface area contributed by atoms with Gasteiger partial charge in [-0.25, -0.2) is 0 Å². The van der Waals surface area contributed by atoms with Gasteiger partial charge in [0.1, 0.15) is 0 Å². The van der Waals surface area contributed by atoms with E-state index >= 15 is 0 Å². The first-order valence-corrected chi connectivity index (χ1v) is 6.53. The maximum absolute atomic E-state index is 10.5. The SMILES string of the molecule is CCCC12OCC(COC(CC)N=O)(CO1)CO2. The van der Waals surface area contributed by atoms with Crippen LogP contribution in [0.4, 0.5) is 0 Å². The lowest BCUT2D eigenvalue weighted by Crippen LogP contribution is -2.61. The summed E-state index contributed by atoms with van der Waals surface area (Å²) in [5, 5.41) is 2.92. The van der Waals surface area contributed by atoms with Gasteiger partial charge in [0.15, 0.2) is 6.23 Å². The summed E-state index contributed by atoms with van der Waals surface area (Å²) in [4.78, 5) is 10.5. The minimum Gasteiger partial charge on any atom is -0.352 e. The molecule has 0 spiro atoms. The molecule has 0 saturated carbocycles. The summed E-state index contributed by atoms with van der Waals surface area (Å²) < 4.78 is 22.5. The van der Waals surface area contributed by atoms with Crippen molar-refractivity contribution in [2.45, 2.75) is 45.3 Å². The van der Waals surface area contributed by atoms with Crippen molar-refractivity contribution >= 4 is 0 Å². The molecular weight excluding hydrogens is 238 g/mol. The number of fused-ring (bicyclic) bond motifs is 3. The second kappa shape index (κ2) is 5.61. The lowest BCUT2D eigenvalue weighted by molar-refractivity contribution is -0.472. The zero-order chi connectivity index (χ0) is 13.1. The van der Waals surface area contributed by atoms with Crippen LogP contribution in [-0.4, -0.2) is 38.6 Å². The van der Waals surface area contributed by atoms with E-state index in [1.807, 2.05) is 6.92 Å². The van der Waals surface area contributed by atoms with Crippen LogP contribution in [0.1, 0.15) is 33.1 Å². The molecule has 104 valence electrons. The molecule has 1 unspecified atom stereocenters. The van der Waals surface area contributed by atoms with E-state index in [0.29, 0.717) is 32.8 Å². The van der Waals surface area contributed by atoms with Gasteiger partial charge in [0, 0.05) is 6.42 Å². The average Bonchev–Trinajstić information content (AvgIpc) is 2.42. The zero-order valence-electron chi connectivity index (χ0n) is 11.0. The Morgan fingerprint density at radius 3 is 2.28 bits per heavy atom. The Kier molecular flexibility index (Phi) is 4.32. The third kappa shape index (κ3) is 2.71. The van der Waals surface area contributed by atoms with Crippen LogP contribution in [0.2, 0.25) is 0 Å². The monoisotopic (exact) mass is 259 g/mol. The van der Waals surface area contributed by atoms with Crippen LogP contribution < -0.4 is 0 Å². The van der Waals surface area contributed by atoms with Crippen LogP contribution in [0.5, 0.6) is 0 Å². The van der Waals surface area contributed by atoms with Crippen LogP contribution in [0, 0.1) is 10.3 Å². The van der Waals surface area contributed by atoms with Crippen molar-refractivity contribution in [3.63, 3.8) is 0 Å². The largest absolute Gasteiger partial charge is 0.352 e. The summed E-state index contributed by atoms with van der Waals surface area (Å²) >= 11 is 0. The zero-order valence-corrected chi connectivity index (χ0v) is 11.0. The highest BCUT2D eigenvalue weighted by Gasteiger charge is 2.52. The quantitative estimate of drug-likeness (QED) is 0.654. The molecule has 0 radical (unpaired) electrons. The number of rotatable bonds is 7. The second-order valence-electron chi connectivity index (χ2n) is 5.08. The Hall–Kier alpha value is -0.560. The summed E-state index contributed by atoms with van der Waals surface area (Å²) in [6.45, 7) is 5.93. The van der Waals surface area contributed by atoms with Crippen LogP contribution in [-0.2, 0) is 18.9 Å². The van der Waals surface area contributed by atoms with Gasteiger partial charge in [-0.15, -0.1) is 4.91 Å². The molecule has 0 aromatic rings. The maximum Gasteiger partial charge on any atom is 0.282 e. The Balaban J connectivity index is 1.87. The molecule has 3 saturated heterocycles. The Morgan fingerprint density at radius 1 is 1.22 bits per heavy atom. The van der Waals surface area contributed by atoms with Crippen molar-refractivity contribution in [2.24, 2.45) is 10.6 Å². The maximum atomic E-state index is 10.5. The average molecular weight is 259 g/mol. The summed E-state index contributed by atoms with van der Waals surface area (Å²) in [6, 6.07) is 0. The van der Waals surface area contributed by atoms with E-state index in [2.05, 4.69) is 12.1 Å². The molecule has 3 rings (SSSR count). The van der Waals surface area contributed by atoms with Crippen LogP contribution in [0.15, 0.2) is 5.18 Å². The van der Waals surface area contributed by atoms with E-state index in [4.69, 9.17) is 18.9 Å². The molecule has 3 fully saturated rings. The van der Waals surface area contributed by atoms with Crippen molar-refractivity contribution < 1.29 is 18.9 Å². The summed E-state index contributed by atoms with van der Waals surface area (Å²) in [5.41, 5.74) is -0.298. The standard InChI is InChI=1S/C12H21NO5/c1-3-5-12-16-7-11(8-17-12,9-18-12)6-15-10(4-2)13-14/h10H,3-9H2,1-2H3. The lowest BCUT2D eigenvalue weighted by Gasteiger charge is -2.51. The predicted octanol–water partition coefficient (Wildman–Crippen LogP) is 2.02. The van der Waals surface area contributed by atoms with E-state index in [9.17, 15) is 4.91 Å². The smallest absolute Gasteiger partial charge is 0.282 e. The fraction of sp³-hybridized carbons (Fsp3) is 1.00. The van der Waals surface area contributed by atoms with E-state index in [-0.39, 0.29) is 5.41 Å². The van der Waals surface area contributed by atoms with Gasteiger partial charge in [0.05, 0.1) is 31.8 Å². The van der Waals surface area contributed by atoms with Gasteiger partial charge in [0.25, 0.3) is 5.97 Å². The van der Waals surface area contributed by atoms with Crippen LogP contribution in [0.25, 0.3) is 0 Å². The fourth-order valence-corrected chi connectivity index (χ4v) is 2.18. The molecular formula is C12H21NO5. The Morgan fingerprint density at radius 2 is 1.83 bits per heavy atom. The molecule has 0 aromatic heterocycles. The van der Waals surface area contributed by atoms with Gasteiger partial charge in [-0.3, -0.25) is 0 Å². The second-order valence-corrected chi connectivity index (χ2v) is 5.08. The molecule has 18 heavy (non-hydrogen) atoms. The first kappa shape index (κ1) is 13.9. The number of hydrogen-bond acceptors (Lipinski definition) is 6. The minimum absolute atomic E-state index is 0.298. The molecule has 6 heteroatoms. The third-order valence-electron chi connectivity index (χ3n) is 3.40. The predicted molar refractivity (Wildman–Crippen MR) is 63.8 cm³/mol. The van der Waals surface area contributed by atoms with E-state index in [1.165, 1.54) is 0 Å². The van der Waals surface area contributed by atoms with Crippen LogP contribution >= 0.6 is 0 Å². The van der Waals surface area contributed by atoms with Crippen molar-refractivity contribution in [1.29, 1.82) is 0 Å². The first-order valence-electron chi connectivity index (χ1n) is 6.53. The van der Waals surface area contributed by atoms with Gasteiger partial charge >= 0.3 is 0 Å². The molecule has 3 aliphatic rings. The molecule has 0 N–H and O–H groups in total. The highest BCUT2D eigenvalue weighted by atomic mass is 16.9. The minimum atomic E-state index is -0.844. The Labute approximate surface area is 107 Å². The fourth-order valence-electron chi connectivity index (χ4n) is 2.18. The van der Waals surface area contributed by atoms with Gasteiger partial charge in [-0.1, -0.05) is 13.8 Å². The van der Waals surface area contributed by atoms with Crippen molar-refractivity contribution in [1.82, 2.24) is 0 Å². The molecule has 0 aromatic carbocycles. The highest BCUT2D eigenvalue weighted by Crippen LogP contribution is 2.40. The molecule has 2 bridgehead atoms. The molecule has 3 aliphatic heterocycles. The van der Waals surface area contributed by atoms with E-state index in [0.717, 1.165) is 12.8 Å². The topological polar surface area (TPSA) is 66.4 Å². The summed E-state index contributed by atoms with van der Waals surface area (Å²) in [5.74, 6) is -0.844. The summed E-state index contributed by atoms with van der Waals surface area (Å²) in [7, 11) is 0. The number of nitrogens with zero attached hydrogens (tertiary/aromatic N) is 1. The molecule has 0 amide bonds. The van der Waals surface area contributed by atoms with Gasteiger partial charge in [-0.05, 0) is 18.0 Å². The molecule has 3 heterocycles. The van der Waals surface area contributed by atoms with E-state index < -0.39 is 12.2 Å². The van der Waals surface area contributed by atoms with Crippen LogP contribution in [0.3, 0.4) is 0 Å². The van der Waals surface area contributed by atoms with Crippen molar-refractivity contribution in [3.8, 4) is 0 Å². The van der Waals surface area contributed by atoms with Gasteiger partial charge in [0.2, 0.25) is 0 Å². The molecule has 6 nitrogen and oxygen atoms in total. The Bertz CT molecular complexity index is 272. The summed E-state index contributed by atoms with van der Waals surface area (Å²) in [6.07, 6.45) is 1.65. The van der Waals surface area contributed by atoms with Gasteiger partial charge < -0.3 is 18.9 Å². The third-order valence-corrected chi connectivity index (χ3v) is 3.40. The number of ether oxygens (including phenoxy) is 4. The number of hydrogen-bond donors (Lipinski definition) is 0. The van der Waals surface area contributed by atoms with Crippen molar-refractivity contribution in [3.05, 3.63) is 4.91 Å². The normalized spacial score (nSPS) is 36.6. The molecule has 1 atom stereocenters. The van der Waals surface area contributed by atoms with Crippen molar-refractivity contribution in [2.75, 3.05) is 26.4 Å². The lowest BCUT2D eigenvalue weighted by atomic mass is 9.89. The first-order chi connectivity index (χ1) is 8.67. The highest BCUT2D eigenvalue weighted by molar-refractivity contribution is 4.88. The van der Waals surface area contributed by atoms with E-state index in [1.54, 1.807) is 0 Å². The van der Waals surface area contributed by atoms with Gasteiger partial charge in [-0.2, -0.15) is 0 Å².